The number of thiophene rings is 1. The number of carbonyl (C=O) groups is 1. The van der Waals surface area contributed by atoms with E-state index >= 15 is 0 Å². The van der Waals surface area contributed by atoms with Crippen molar-refractivity contribution in [2.24, 2.45) is 5.92 Å². The van der Waals surface area contributed by atoms with E-state index in [2.05, 4.69) is 18.0 Å². The summed E-state index contributed by atoms with van der Waals surface area (Å²) in [7, 11) is 2.17. The summed E-state index contributed by atoms with van der Waals surface area (Å²) in [6, 6.07) is 9.79. The van der Waals surface area contributed by atoms with Crippen molar-refractivity contribution in [3.63, 3.8) is 0 Å². The highest BCUT2D eigenvalue weighted by Crippen LogP contribution is 2.42. The van der Waals surface area contributed by atoms with E-state index in [9.17, 15) is 9.90 Å². The van der Waals surface area contributed by atoms with Crippen molar-refractivity contribution in [1.29, 1.82) is 0 Å². The van der Waals surface area contributed by atoms with E-state index in [-0.39, 0.29) is 0 Å². The zero-order valence-corrected chi connectivity index (χ0v) is 17.2. The number of nitrogens with zero attached hydrogens (tertiary/aromatic N) is 1. The number of hydrogen-bond acceptors (Lipinski definition) is 4. The molecule has 0 radical (unpaired) electrons. The Morgan fingerprint density at radius 2 is 1.89 bits per heavy atom. The largest absolute Gasteiger partial charge is 0.477 e. The topological polar surface area (TPSA) is 66.6 Å². The van der Waals surface area contributed by atoms with Gasteiger partial charge in [-0.25, -0.2) is 4.79 Å². The highest BCUT2D eigenvalue weighted by Gasteiger charge is 2.29. The molecular formula is C23H28N2O2S. The third-order valence-electron chi connectivity index (χ3n) is 6.12. The first-order chi connectivity index (χ1) is 13.5. The summed E-state index contributed by atoms with van der Waals surface area (Å²) < 4.78 is 0. The average molecular weight is 397 g/mol. The molecule has 0 atom stereocenters. The van der Waals surface area contributed by atoms with Gasteiger partial charge in [-0.2, -0.15) is 0 Å². The SMILES string of the molecule is CN1CCC(c2cc(-c3ccc(N)cc3)sc2C(=O)O)=C(C2CCCCC2)C1. The standard InChI is InChI=1S/C23H28N2O2S/c1-25-12-11-18(20(14-25)15-5-3-2-4-6-15)19-13-21(28-22(19)23(26)27)16-7-9-17(24)10-8-16/h7-10,13,15H,2-6,11-12,14,24H2,1H3,(H,26,27). The molecule has 2 aromatic rings. The zero-order chi connectivity index (χ0) is 19.7. The fourth-order valence-electron chi connectivity index (χ4n) is 4.63. The number of hydrogen-bond donors (Lipinski definition) is 2. The van der Waals surface area contributed by atoms with Gasteiger partial charge in [0, 0.05) is 29.2 Å². The molecule has 0 bridgehead atoms. The number of rotatable bonds is 4. The lowest BCUT2D eigenvalue weighted by Gasteiger charge is -2.34. The van der Waals surface area contributed by atoms with E-state index < -0.39 is 5.97 Å². The van der Waals surface area contributed by atoms with Crippen LogP contribution >= 0.6 is 11.3 Å². The van der Waals surface area contributed by atoms with Gasteiger partial charge in [0.15, 0.2) is 0 Å². The first-order valence-electron chi connectivity index (χ1n) is 10.2. The van der Waals surface area contributed by atoms with Crippen LogP contribution in [0.5, 0.6) is 0 Å². The predicted octanol–water partition coefficient (Wildman–Crippen LogP) is 5.36. The Labute approximate surface area is 170 Å². The number of benzene rings is 1. The van der Waals surface area contributed by atoms with Crippen LogP contribution in [0.3, 0.4) is 0 Å². The molecule has 0 spiro atoms. The molecule has 28 heavy (non-hydrogen) atoms. The van der Waals surface area contributed by atoms with Gasteiger partial charge in [-0.1, -0.05) is 31.4 Å². The van der Waals surface area contributed by atoms with Crippen molar-refractivity contribution >= 4 is 28.6 Å². The maximum Gasteiger partial charge on any atom is 0.346 e. The van der Waals surface area contributed by atoms with Crippen LogP contribution in [0, 0.1) is 5.92 Å². The molecule has 1 aliphatic carbocycles. The molecule has 1 aromatic carbocycles. The van der Waals surface area contributed by atoms with Crippen LogP contribution in [0.4, 0.5) is 5.69 Å². The van der Waals surface area contributed by atoms with E-state index in [0.717, 1.165) is 41.2 Å². The smallest absolute Gasteiger partial charge is 0.346 e. The minimum absolute atomic E-state index is 0.472. The molecule has 4 rings (SSSR count). The molecule has 0 saturated heterocycles. The molecule has 1 aliphatic heterocycles. The van der Waals surface area contributed by atoms with Gasteiger partial charge in [-0.15, -0.1) is 11.3 Å². The molecule has 148 valence electrons. The summed E-state index contributed by atoms with van der Waals surface area (Å²) in [6.45, 7) is 1.95. The molecule has 4 nitrogen and oxygen atoms in total. The number of anilines is 1. The summed E-state index contributed by atoms with van der Waals surface area (Å²) in [5, 5.41) is 9.91. The summed E-state index contributed by atoms with van der Waals surface area (Å²) in [5.41, 5.74) is 11.3. The van der Waals surface area contributed by atoms with Gasteiger partial charge in [0.1, 0.15) is 4.88 Å². The summed E-state index contributed by atoms with van der Waals surface area (Å²) in [6.07, 6.45) is 7.32. The number of nitrogen functional groups attached to an aromatic ring is 1. The molecule has 0 amide bonds. The van der Waals surface area contributed by atoms with Crippen LogP contribution in [-0.2, 0) is 0 Å². The third-order valence-corrected chi connectivity index (χ3v) is 7.29. The lowest BCUT2D eigenvalue weighted by Crippen LogP contribution is -2.31. The fraction of sp³-hybridized carbons (Fsp3) is 0.435. The lowest BCUT2D eigenvalue weighted by atomic mass is 9.78. The maximum atomic E-state index is 12.1. The highest BCUT2D eigenvalue weighted by molar-refractivity contribution is 7.17. The van der Waals surface area contributed by atoms with E-state index in [4.69, 9.17) is 5.73 Å². The predicted molar refractivity (Wildman–Crippen MR) is 117 cm³/mol. The second-order valence-electron chi connectivity index (χ2n) is 8.11. The van der Waals surface area contributed by atoms with Crippen molar-refractivity contribution in [2.75, 3.05) is 25.9 Å². The van der Waals surface area contributed by atoms with Crippen LogP contribution in [0.25, 0.3) is 16.0 Å². The molecule has 1 fully saturated rings. The first-order valence-corrected chi connectivity index (χ1v) is 11.0. The number of likely N-dealkylation sites (N-methyl/N-ethyl adjacent to an activating group) is 1. The van der Waals surface area contributed by atoms with Gasteiger partial charge in [0.05, 0.1) is 0 Å². The molecule has 0 unspecified atom stereocenters. The van der Waals surface area contributed by atoms with Crippen LogP contribution < -0.4 is 5.73 Å². The minimum atomic E-state index is -0.823. The van der Waals surface area contributed by atoms with Crippen LogP contribution in [0.2, 0.25) is 0 Å². The monoisotopic (exact) mass is 396 g/mol. The minimum Gasteiger partial charge on any atom is -0.477 e. The van der Waals surface area contributed by atoms with Crippen LogP contribution in [0.1, 0.15) is 53.8 Å². The van der Waals surface area contributed by atoms with Crippen molar-refractivity contribution < 1.29 is 9.90 Å². The molecule has 1 saturated carbocycles. The maximum absolute atomic E-state index is 12.1. The van der Waals surface area contributed by atoms with E-state index in [1.165, 1.54) is 54.6 Å². The molecule has 2 heterocycles. The van der Waals surface area contributed by atoms with Gasteiger partial charge in [-0.05, 0) is 67.1 Å². The average Bonchev–Trinajstić information content (AvgIpc) is 3.15. The quantitative estimate of drug-likeness (QED) is 0.682. The Hall–Kier alpha value is -2.11. The van der Waals surface area contributed by atoms with Crippen molar-refractivity contribution in [2.45, 2.75) is 38.5 Å². The first kappa shape index (κ1) is 19.2. The van der Waals surface area contributed by atoms with Gasteiger partial charge in [-0.3, -0.25) is 0 Å². The number of carboxylic acid groups (broad SMARTS) is 1. The Kier molecular flexibility index (Phi) is 5.56. The fourth-order valence-corrected chi connectivity index (χ4v) is 5.66. The van der Waals surface area contributed by atoms with Crippen molar-refractivity contribution in [3.05, 3.63) is 46.3 Å². The normalized spacial score (nSPS) is 19.2. The molecule has 5 heteroatoms. The van der Waals surface area contributed by atoms with Gasteiger partial charge in [0.2, 0.25) is 0 Å². The zero-order valence-electron chi connectivity index (χ0n) is 16.4. The van der Waals surface area contributed by atoms with Crippen LogP contribution in [0.15, 0.2) is 35.9 Å². The van der Waals surface area contributed by atoms with Crippen LogP contribution in [-0.4, -0.2) is 36.1 Å². The molecular weight excluding hydrogens is 368 g/mol. The summed E-state index contributed by atoms with van der Waals surface area (Å²) in [5.74, 6) is -0.218. The van der Waals surface area contributed by atoms with E-state index in [0.29, 0.717) is 10.8 Å². The van der Waals surface area contributed by atoms with Gasteiger partial charge in [0.25, 0.3) is 0 Å². The molecule has 3 N–H and O–H groups in total. The molecule has 1 aromatic heterocycles. The summed E-state index contributed by atoms with van der Waals surface area (Å²) >= 11 is 1.38. The second kappa shape index (κ2) is 8.10. The molecule has 2 aliphatic rings. The summed E-state index contributed by atoms with van der Waals surface area (Å²) in [4.78, 5) is 15.9. The Morgan fingerprint density at radius 1 is 1.18 bits per heavy atom. The van der Waals surface area contributed by atoms with E-state index in [1.807, 2.05) is 24.3 Å². The Balaban J connectivity index is 1.80. The van der Waals surface area contributed by atoms with Crippen molar-refractivity contribution in [1.82, 2.24) is 4.90 Å². The Bertz CT molecular complexity index is 892. The number of aromatic carboxylic acids is 1. The highest BCUT2D eigenvalue weighted by atomic mass is 32.1. The second-order valence-corrected chi connectivity index (χ2v) is 9.16. The van der Waals surface area contributed by atoms with Crippen molar-refractivity contribution in [3.8, 4) is 10.4 Å². The number of carboxylic acids is 1. The lowest BCUT2D eigenvalue weighted by molar-refractivity contribution is 0.0702. The van der Waals surface area contributed by atoms with Gasteiger partial charge < -0.3 is 15.7 Å². The Morgan fingerprint density at radius 3 is 2.57 bits per heavy atom. The third kappa shape index (κ3) is 3.87. The number of nitrogens with two attached hydrogens (primary N) is 1. The van der Waals surface area contributed by atoms with Gasteiger partial charge >= 0.3 is 5.97 Å². The van der Waals surface area contributed by atoms with E-state index in [1.54, 1.807) is 0 Å².